The fourth-order valence-electron chi connectivity index (χ4n) is 3.09. The van der Waals surface area contributed by atoms with Crippen LogP contribution in [0.2, 0.25) is 0 Å². The average Bonchev–Trinajstić information content (AvgIpc) is 3.19. The summed E-state index contributed by atoms with van der Waals surface area (Å²) in [6.45, 7) is 0.175. The largest absolute Gasteiger partial charge is 0.334 e. The average molecular weight is 294 g/mol. The minimum atomic E-state index is -0.793. The molecule has 2 fully saturated rings. The first-order chi connectivity index (χ1) is 9.99. The molecule has 3 rings (SSSR count). The lowest BCUT2D eigenvalue weighted by Crippen LogP contribution is -2.54. The van der Waals surface area contributed by atoms with Crippen LogP contribution in [0.25, 0.3) is 0 Å². The van der Waals surface area contributed by atoms with Gasteiger partial charge < -0.3 is 10.6 Å². The van der Waals surface area contributed by atoms with Gasteiger partial charge in [-0.1, -0.05) is 18.9 Å². The second kappa shape index (κ2) is 5.37. The monoisotopic (exact) mass is 294 g/mol. The second-order valence-corrected chi connectivity index (χ2v) is 6.26. The lowest BCUT2D eigenvalue weighted by molar-refractivity contribution is -0.138. The summed E-state index contributed by atoms with van der Waals surface area (Å²) < 4.78 is 26.8. The van der Waals surface area contributed by atoms with Crippen LogP contribution in [-0.2, 0) is 11.3 Å². The Balaban J connectivity index is 1.80. The van der Waals surface area contributed by atoms with Gasteiger partial charge in [-0.15, -0.1) is 0 Å². The van der Waals surface area contributed by atoms with Gasteiger partial charge in [-0.3, -0.25) is 4.79 Å². The molecule has 2 N–H and O–H groups in total. The van der Waals surface area contributed by atoms with Gasteiger partial charge in [0.2, 0.25) is 5.91 Å². The Labute approximate surface area is 123 Å². The Kier molecular flexibility index (Phi) is 3.69. The molecule has 114 valence electrons. The van der Waals surface area contributed by atoms with E-state index in [2.05, 4.69) is 0 Å². The molecular formula is C16H20F2N2O. The van der Waals surface area contributed by atoms with Gasteiger partial charge in [0, 0.05) is 24.2 Å². The van der Waals surface area contributed by atoms with Crippen molar-refractivity contribution in [1.29, 1.82) is 0 Å². The molecule has 0 radical (unpaired) electrons. The normalized spacial score (nSPS) is 20.5. The van der Waals surface area contributed by atoms with Crippen LogP contribution in [0.3, 0.4) is 0 Å². The Hall–Kier alpha value is -1.49. The molecule has 1 aromatic rings. The molecule has 0 aliphatic heterocycles. The quantitative estimate of drug-likeness (QED) is 0.928. The standard InChI is InChI=1S/C16H20F2N2O/c17-12-4-3-11(14(18)9-12)10-20(13-5-6-13)15(21)16(19)7-1-2-8-16/h3-4,9,13H,1-2,5-8,10,19H2. The zero-order valence-corrected chi connectivity index (χ0v) is 11.9. The predicted octanol–water partition coefficient (Wildman–Crippen LogP) is 2.73. The molecule has 5 heteroatoms. The van der Waals surface area contributed by atoms with Gasteiger partial charge in [0.05, 0.1) is 5.54 Å². The van der Waals surface area contributed by atoms with E-state index in [1.54, 1.807) is 4.90 Å². The summed E-state index contributed by atoms with van der Waals surface area (Å²) in [5.74, 6) is -1.29. The van der Waals surface area contributed by atoms with E-state index >= 15 is 0 Å². The number of nitrogens with zero attached hydrogens (tertiary/aromatic N) is 1. The van der Waals surface area contributed by atoms with Crippen LogP contribution in [0.5, 0.6) is 0 Å². The Bertz CT molecular complexity index is 551. The molecule has 0 spiro atoms. The fraction of sp³-hybridized carbons (Fsp3) is 0.562. The van der Waals surface area contributed by atoms with Gasteiger partial charge in [0.1, 0.15) is 11.6 Å². The van der Waals surface area contributed by atoms with Crippen LogP contribution >= 0.6 is 0 Å². The molecule has 0 atom stereocenters. The predicted molar refractivity (Wildman–Crippen MR) is 75.3 cm³/mol. The molecule has 0 unspecified atom stereocenters. The van der Waals surface area contributed by atoms with Crippen molar-refractivity contribution in [3.63, 3.8) is 0 Å². The Morgan fingerprint density at radius 2 is 1.95 bits per heavy atom. The number of hydrogen-bond donors (Lipinski definition) is 1. The van der Waals surface area contributed by atoms with Gasteiger partial charge in [-0.25, -0.2) is 8.78 Å². The van der Waals surface area contributed by atoms with Crippen molar-refractivity contribution in [2.45, 2.75) is 56.7 Å². The Morgan fingerprint density at radius 1 is 1.29 bits per heavy atom. The molecule has 3 nitrogen and oxygen atoms in total. The summed E-state index contributed by atoms with van der Waals surface area (Å²) in [6, 6.07) is 3.65. The third kappa shape index (κ3) is 2.93. The minimum absolute atomic E-state index is 0.0776. The number of benzene rings is 1. The molecule has 21 heavy (non-hydrogen) atoms. The van der Waals surface area contributed by atoms with Gasteiger partial charge >= 0.3 is 0 Å². The smallest absolute Gasteiger partial charge is 0.243 e. The first kappa shape index (κ1) is 14.4. The molecule has 2 aliphatic rings. The highest BCUT2D eigenvalue weighted by Crippen LogP contribution is 2.35. The number of rotatable bonds is 4. The zero-order chi connectivity index (χ0) is 15.0. The van der Waals surface area contributed by atoms with Crippen molar-refractivity contribution < 1.29 is 13.6 Å². The summed E-state index contributed by atoms with van der Waals surface area (Å²) in [6.07, 6.45) is 5.19. The summed E-state index contributed by atoms with van der Waals surface area (Å²) in [7, 11) is 0. The molecule has 2 saturated carbocycles. The van der Waals surface area contributed by atoms with E-state index in [1.807, 2.05) is 0 Å². The number of carbonyl (C=O) groups is 1. The molecule has 0 bridgehead atoms. The summed E-state index contributed by atoms with van der Waals surface area (Å²) in [5.41, 5.74) is 5.79. The van der Waals surface area contributed by atoms with Crippen LogP contribution in [0.4, 0.5) is 8.78 Å². The fourth-order valence-corrected chi connectivity index (χ4v) is 3.09. The zero-order valence-electron chi connectivity index (χ0n) is 11.9. The first-order valence-electron chi connectivity index (χ1n) is 7.53. The van der Waals surface area contributed by atoms with E-state index in [1.165, 1.54) is 12.1 Å². The maximum Gasteiger partial charge on any atom is 0.243 e. The number of amides is 1. The van der Waals surface area contributed by atoms with Gasteiger partial charge in [0.15, 0.2) is 0 Å². The lowest BCUT2D eigenvalue weighted by atomic mass is 9.96. The van der Waals surface area contributed by atoms with E-state index in [4.69, 9.17) is 5.73 Å². The molecule has 0 aromatic heterocycles. The van der Waals surface area contributed by atoms with Crippen molar-refractivity contribution in [1.82, 2.24) is 4.90 Å². The van der Waals surface area contributed by atoms with E-state index in [0.717, 1.165) is 31.7 Å². The molecule has 1 amide bonds. The molecule has 0 saturated heterocycles. The van der Waals surface area contributed by atoms with E-state index < -0.39 is 17.2 Å². The van der Waals surface area contributed by atoms with E-state index in [0.29, 0.717) is 18.4 Å². The first-order valence-corrected chi connectivity index (χ1v) is 7.53. The van der Waals surface area contributed by atoms with Crippen LogP contribution < -0.4 is 5.73 Å². The maximum atomic E-state index is 13.8. The highest BCUT2D eigenvalue weighted by atomic mass is 19.1. The summed E-state index contributed by atoms with van der Waals surface area (Å²) in [5, 5.41) is 0. The highest BCUT2D eigenvalue weighted by Gasteiger charge is 2.44. The number of carbonyl (C=O) groups excluding carboxylic acids is 1. The van der Waals surface area contributed by atoms with Crippen molar-refractivity contribution >= 4 is 5.91 Å². The topological polar surface area (TPSA) is 46.3 Å². The summed E-state index contributed by atoms with van der Waals surface area (Å²) >= 11 is 0. The van der Waals surface area contributed by atoms with Crippen LogP contribution in [0, 0.1) is 11.6 Å². The SMILES string of the molecule is NC1(C(=O)N(Cc2ccc(F)cc2F)C2CC2)CCCC1. The number of hydrogen-bond acceptors (Lipinski definition) is 2. The Morgan fingerprint density at radius 3 is 2.52 bits per heavy atom. The van der Waals surface area contributed by atoms with Crippen molar-refractivity contribution in [2.24, 2.45) is 5.73 Å². The van der Waals surface area contributed by atoms with Crippen molar-refractivity contribution in [3.8, 4) is 0 Å². The molecule has 1 aromatic carbocycles. The summed E-state index contributed by atoms with van der Waals surface area (Å²) in [4.78, 5) is 14.4. The minimum Gasteiger partial charge on any atom is -0.334 e. The maximum absolute atomic E-state index is 13.8. The molecule has 2 aliphatic carbocycles. The molecule has 0 heterocycles. The number of halogens is 2. The van der Waals surface area contributed by atoms with Crippen molar-refractivity contribution in [3.05, 3.63) is 35.4 Å². The van der Waals surface area contributed by atoms with Crippen molar-refractivity contribution in [2.75, 3.05) is 0 Å². The van der Waals surface area contributed by atoms with Crippen LogP contribution in [0.15, 0.2) is 18.2 Å². The van der Waals surface area contributed by atoms with Crippen LogP contribution in [-0.4, -0.2) is 22.4 Å². The van der Waals surface area contributed by atoms with Gasteiger partial charge in [0.25, 0.3) is 0 Å². The lowest BCUT2D eigenvalue weighted by Gasteiger charge is -2.32. The third-order valence-electron chi connectivity index (χ3n) is 4.53. The van der Waals surface area contributed by atoms with Gasteiger partial charge in [-0.2, -0.15) is 0 Å². The molecular weight excluding hydrogens is 274 g/mol. The van der Waals surface area contributed by atoms with E-state index in [-0.39, 0.29) is 18.5 Å². The van der Waals surface area contributed by atoms with Crippen LogP contribution in [0.1, 0.15) is 44.1 Å². The highest BCUT2D eigenvalue weighted by molar-refractivity contribution is 5.87. The van der Waals surface area contributed by atoms with Gasteiger partial charge in [-0.05, 0) is 31.7 Å². The second-order valence-electron chi connectivity index (χ2n) is 6.26. The third-order valence-corrected chi connectivity index (χ3v) is 4.53. The van der Waals surface area contributed by atoms with E-state index in [9.17, 15) is 13.6 Å². The number of nitrogens with two attached hydrogens (primary N) is 1.